The Bertz CT molecular complexity index is 160. The molecule has 0 unspecified atom stereocenters. The molecule has 10 heteroatoms. The Morgan fingerprint density at radius 1 is 1.00 bits per heavy atom. The van der Waals surface area contributed by atoms with Gasteiger partial charge in [0.1, 0.15) is 0 Å². The average Bonchev–Trinajstić information content (AvgIpc) is 1.14. The molecule has 10 heavy (non-hydrogen) atoms. The van der Waals surface area contributed by atoms with Gasteiger partial charge in [-0.2, -0.15) is 4.31 Å². The molecule has 0 spiro atoms. The van der Waals surface area contributed by atoms with Gasteiger partial charge in [-0.3, -0.25) is 0 Å². The Morgan fingerprint density at radius 3 is 1.20 bits per heavy atom. The second-order valence-electron chi connectivity index (χ2n) is 1.06. The summed E-state index contributed by atoms with van der Waals surface area (Å²) in [4.78, 5) is 31.0. The summed E-state index contributed by atoms with van der Waals surface area (Å²) in [7, 11) is -10.1. The van der Waals surface area contributed by atoms with Crippen LogP contribution in [0.3, 0.4) is 0 Å². The summed E-state index contributed by atoms with van der Waals surface area (Å²) < 4.78 is 22.2. The average molecular weight is 268 g/mol. The molecule has 60 valence electrons. The predicted molar refractivity (Wildman–Crippen MR) is 33.2 cm³/mol. The van der Waals surface area contributed by atoms with Crippen LogP contribution in [0.4, 0.5) is 0 Å². The first-order chi connectivity index (χ1) is 3.71. The van der Waals surface area contributed by atoms with Crippen LogP contribution < -0.4 is 0 Å². The minimum Gasteiger partial charge on any atom is -1.00 e. The van der Waals surface area contributed by atoms with E-state index in [4.69, 9.17) is 19.6 Å². The van der Waals surface area contributed by atoms with Gasteiger partial charge < -0.3 is 22.4 Å². The van der Waals surface area contributed by atoms with Gasteiger partial charge in [0.15, 0.2) is 0 Å². The van der Waals surface area contributed by atoms with Crippen LogP contribution in [0.2, 0.25) is 0 Å². The molecule has 0 aromatic heterocycles. The van der Waals surface area contributed by atoms with Crippen molar-refractivity contribution in [2.75, 3.05) is 0 Å². The van der Waals surface area contributed by atoms with Gasteiger partial charge >= 0.3 is 61.1 Å². The zero-order valence-electron chi connectivity index (χ0n) is 6.62. The summed E-state index contributed by atoms with van der Waals surface area (Å²) in [6.45, 7) is 0. The van der Waals surface area contributed by atoms with Crippen LogP contribution in [0, 0.1) is 0 Å². The van der Waals surface area contributed by atoms with E-state index in [0.29, 0.717) is 0 Å². The molecule has 0 amide bonds. The third-order valence-electron chi connectivity index (χ3n) is 0.213. The van der Waals surface area contributed by atoms with E-state index in [1.807, 2.05) is 0 Å². The third kappa shape index (κ3) is 12.4. The minimum atomic E-state index is -5.05. The largest absolute Gasteiger partial charge is 2.00 e. The zero-order valence-corrected chi connectivity index (χ0v) is 9.88. The van der Waals surface area contributed by atoms with Crippen molar-refractivity contribution in [3.05, 3.63) is 0 Å². The quantitative estimate of drug-likeness (QED) is 0.375. The summed E-state index contributed by atoms with van der Waals surface area (Å²) in [5.74, 6) is 0. The van der Waals surface area contributed by atoms with Crippen LogP contribution >= 0.6 is 15.6 Å². The summed E-state index contributed by atoms with van der Waals surface area (Å²) in [6.07, 6.45) is 0. The van der Waals surface area contributed by atoms with E-state index in [2.05, 4.69) is 4.31 Å². The van der Waals surface area contributed by atoms with Gasteiger partial charge in [0.2, 0.25) is 0 Å². The molecule has 4 N–H and O–H groups in total. The van der Waals surface area contributed by atoms with Crippen molar-refractivity contribution >= 4 is 61.1 Å². The van der Waals surface area contributed by atoms with E-state index in [9.17, 15) is 9.13 Å². The van der Waals surface area contributed by atoms with Gasteiger partial charge in [0, 0.05) is 0 Å². The van der Waals surface area contributed by atoms with Gasteiger partial charge in [-0.1, -0.05) is 0 Å². The van der Waals surface area contributed by atoms with E-state index >= 15 is 0 Å². The molecule has 0 aromatic rings. The number of phosphoric acid groups is 2. The molecular weight excluding hydrogens is 262 g/mol. The molecule has 0 aliphatic heterocycles. The van der Waals surface area contributed by atoms with Gasteiger partial charge in [-0.15, -0.1) is 0 Å². The van der Waals surface area contributed by atoms with Gasteiger partial charge in [-0.25, -0.2) is 9.13 Å². The Balaban J connectivity index is -0.000000107. The summed E-state index contributed by atoms with van der Waals surface area (Å²) in [6, 6.07) is 0. The topological polar surface area (TPSA) is 124 Å². The first kappa shape index (κ1) is 14.3. The van der Waals surface area contributed by atoms with Crippen LogP contribution in [0.5, 0.6) is 0 Å². The summed E-state index contributed by atoms with van der Waals surface area (Å²) in [5.41, 5.74) is 0. The Morgan fingerprint density at radius 2 is 1.20 bits per heavy atom. The summed E-state index contributed by atoms with van der Waals surface area (Å²) >= 11 is 0. The third-order valence-corrected chi connectivity index (χ3v) is 1.91. The smallest absolute Gasteiger partial charge is 1.00 e. The van der Waals surface area contributed by atoms with Gasteiger partial charge in [0.25, 0.3) is 0 Å². The van der Waals surface area contributed by atoms with E-state index in [-0.39, 0.29) is 48.3 Å². The van der Waals surface area contributed by atoms with E-state index in [0.717, 1.165) is 0 Å². The summed E-state index contributed by atoms with van der Waals surface area (Å²) in [5, 5.41) is 0. The standard InChI is InChI=1S/H4O7P2.Sr.2H/c1-8(2,3)7-9(4,5)6;;;/h(H2,1,2,3)(H2,4,5,6);;;/q;+2;2*-1. The van der Waals surface area contributed by atoms with Crippen LogP contribution in [0.1, 0.15) is 2.85 Å². The van der Waals surface area contributed by atoms with Crippen molar-refractivity contribution in [2.24, 2.45) is 0 Å². The number of hydrogen-bond acceptors (Lipinski definition) is 3. The molecular formula is H6O7P2Sr. The van der Waals surface area contributed by atoms with E-state index < -0.39 is 15.6 Å². The van der Waals surface area contributed by atoms with Crippen LogP contribution in [-0.4, -0.2) is 65.1 Å². The maximum absolute atomic E-state index is 9.63. The van der Waals surface area contributed by atoms with Crippen molar-refractivity contribution in [2.45, 2.75) is 0 Å². The van der Waals surface area contributed by atoms with E-state index in [1.54, 1.807) is 0 Å². The first-order valence-corrected chi connectivity index (χ1v) is 4.59. The van der Waals surface area contributed by atoms with Crippen molar-refractivity contribution in [1.82, 2.24) is 0 Å². The zero-order chi connectivity index (χ0) is 7.71. The van der Waals surface area contributed by atoms with Gasteiger partial charge in [-0.05, 0) is 0 Å². The second-order valence-corrected chi connectivity index (χ2v) is 3.68. The molecule has 0 saturated carbocycles. The first-order valence-electron chi connectivity index (χ1n) is 1.53. The maximum Gasteiger partial charge on any atom is 2.00 e. The Hall–Kier alpha value is 1.74. The second kappa shape index (κ2) is 4.69. The van der Waals surface area contributed by atoms with Crippen molar-refractivity contribution in [3.63, 3.8) is 0 Å². The molecule has 0 heterocycles. The van der Waals surface area contributed by atoms with Gasteiger partial charge in [0.05, 0.1) is 0 Å². The van der Waals surface area contributed by atoms with Crippen LogP contribution in [0.25, 0.3) is 0 Å². The molecule has 0 aliphatic carbocycles. The van der Waals surface area contributed by atoms with E-state index in [1.165, 1.54) is 0 Å². The molecule has 0 radical (unpaired) electrons. The molecule has 0 bridgehead atoms. The molecule has 0 saturated heterocycles. The molecule has 0 aromatic carbocycles. The fraction of sp³-hybridized carbons (Fsp3) is 0. The van der Waals surface area contributed by atoms with Crippen molar-refractivity contribution in [3.8, 4) is 0 Å². The van der Waals surface area contributed by atoms with Crippen molar-refractivity contribution < 1.29 is 35.9 Å². The monoisotopic (exact) mass is 268 g/mol. The molecule has 0 fully saturated rings. The molecule has 7 nitrogen and oxygen atoms in total. The van der Waals surface area contributed by atoms with Crippen LogP contribution in [0.15, 0.2) is 0 Å². The normalized spacial score (nSPS) is 12.4. The Labute approximate surface area is 96.1 Å². The maximum atomic E-state index is 9.63. The number of rotatable bonds is 2. The predicted octanol–water partition coefficient (Wildman–Crippen LogP) is -0.967. The number of hydrogen-bond donors (Lipinski definition) is 4. The Kier molecular flexibility index (Phi) is 6.69. The fourth-order valence-corrected chi connectivity index (χ4v) is 1.25. The van der Waals surface area contributed by atoms with Crippen LogP contribution in [-0.2, 0) is 13.4 Å². The SMILES string of the molecule is O=P(O)(O)OP(=O)(O)O.[H-].[H-].[Sr+2]. The fourth-order valence-electron chi connectivity index (χ4n) is 0.139. The van der Waals surface area contributed by atoms with Crippen molar-refractivity contribution in [1.29, 1.82) is 0 Å². The molecule has 0 aliphatic rings. The molecule has 0 rings (SSSR count). The molecule has 0 atom stereocenters. The minimum absolute atomic E-state index is 0.